The van der Waals surface area contributed by atoms with Gasteiger partial charge in [0.15, 0.2) is 5.17 Å². The average molecular weight is 381 g/mol. The summed E-state index contributed by atoms with van der Waals surface area (Å²) >= 11 is 6.85. The summed E-state index contributed by atoms with van der Waals surface area (Å²) < 4.78 is 0. The van der Waals surface area contributed by atoms with Gasteiger partial charge in [0.05, 0.1) is 0 Å². The van der Waals surface area contributed by atoms with E-state index >= 15 is 0 Å². The lowest BCUT2D eigenvalue weighted by Gasteiger charge is -2.38. The van der Waals surface area contributed by atoms with E-state index in [4.69, 9.17) is 18.0 Å². The maximum atomic E-state index is 5.81. The van der Waals surface area contributed by atoms with Crippen LogP contribution in [-0.4, -0.2) is 53.0 Å². The lowest BCUT2D eigenvalue weighted by Crippen LogP contribution is -2.48. The number of thioether (sulfide) groups is 1. The van der Waals surface area contributed by atoms with Crippen molar-refractivity contribution in [1.82, 2.24) is 4.90 Å². The molecule has 1 aliphatic heterocycles. The third-order valence-corrected chi connectivity index (χ3v) is 5.14. The van der Waals surface area contributed by atoms with E-state index in [9.17, 15) is 0 Å². The van der Waals surface area contributed by atoms with Gasteiger partial charge in [-0.1, -0.05) is 50.5 Å². The van der Waals surface area contributed by atoms with Gasteiger partial charge >= 0.3 is 0 Å². The molecular weight excluding hydrogens is 348 g/mol. The number of amidine groups is 1. The number of benzene rings is 1. The van der Waals surface area contributed by atoms with Crippen molar-refractivity contribution in [3.63, 3.8) is 0 Å². The minimum absolute atomic E-state index is 0. The Morgan fingerprint density at radius 3 is 2.32 bits per heavy atom. The first-order valence-electron chi connectivity index (χ1n) is 8.57. The second-order valence-electron chi connectivity index (χ2n) is 6.24. The van der Waals surface area contributed by atoms with Crippen LogP contribution >= 0.6 is 24.0 Å². The summed E-state index contributed by atoms with van der Waals surface area (Å²) in [4.78, 5) is 9.90. The first-order chi connectivity index (χ1) is 11.5. The predicted octanol–water partition coefficient (Wildman–Crippen LogP) is 3.79. The normalized spacial score (nSPS) is 16.0. The van der Waals surface area contributed by atoms with E-state index in [1.54, 1.807) is 0 Å². The molecule has 1 heterocycles. The van der Waals surface area contributed by atoms with Gasteiger partial charge in [-0.25, -0.2) is 4.99 Å². The minimum Gasteiger partial charge on any atom is -0.378 e. The van der Waals surface area contributed by atoms with Gasteiger partial charge in [-0.3, -0.25) is 4.90 Å². The van der Waals surface area contributed by atoms with E-state index in [0.29, 0.717) is 22.6 Å². The molecule has 0 aromatic heterocycles. The van der Waals surface area contributed by atoms with Crippen molar-refractivity contribution < 1.29 is 0 Å². The van der Waals surface area contributed by atoms with Gasteiger partial charge in [-0.15, -0.1) is 0 Å². The molecule has 0 amide bonds. The summed E-state index contributed by atoms with van der Waals surface area (Å²) in [7, 11) is 0. The van der Waals surface area contributed by atoms with Crippen molar-refractivity contribution in [1.29, 1.82) is 0 Å². The van der Waals surface area contributed by atoms with Crippen molar-refractivity contribution >= 4 is 39.8 Å². The molecule has 0 saturated carbocycles. The number of rotatable bonds is 5. The number of hydrogen-bond acceptors (Lipinski definition) is 4. The van der Waals surface area contributed by atoms with E-state index in [0.717, 1.165) is 31.9 Å². The molecule has 0 unspecified atom stereocenters. The third kappa shape index (κ3) is 6.96. The highest BCUT2D eigenvalue weighted by Gasteiger charge is 2.18. The van der Waals surface area contributed by atoms with E-state index in [2.05, 4.69) is 59.8 Å². The molecule has 0 aliphatic carbocycles. The smallest absolute Gasteiger partial charge is 0.159 e. The number of hydrogen-bond donors (Lipinski definition) is 1. The fourth-order valence-corrected chi connectivity index (χ4v) is 3.63. The van der Waals surface area contributed by atoms with Crippen molar-refractivity contribution in [2.24, 2.45) is 10.7 Å². The molecule has 6 heteroatoms. The molecular formula is C19H32N4S2. The van der Waals surface area contributed by atoms with Crippen LogP contribution in [0.2, 0.25) is 0 Å². The highest BCUT2D eigenvalue weighted by atomic mass is 32.2. The van der Waals surface area contributed by atoms with Crippen molar-refractivity contribution in [3.05, 3.63) is 29.8 Å². The molecule has 0 radical (unpaired) electrons. The molecule has 1 aromatic carbocycles. The SMILES string of the molecule is C.CCSC(N)=NC(=S)Cc1ccc(N2CCN(C(C)C)CC2)cc1. The monoisotopic (exact) mass is 380 g/mol. The fourth-order valence-electron chi connectivity index (χ4n) is 2.84. The lowest BCUT2D eigenvalue weighted by molar-refractivity contribution is 0.209. The zero-order chi connectivity index (χ0) is 17.5. The molecule has 4 nitrogen and oxygen atoms in total. The minimum atomic E-state index is 0. The van der Waals surface area contributed by atoms with E-state index in [1.165, 1.54) is 23.0 Å². The summed E-state index contributed by atoms with van der Waals surface area (Å²) in [6.45, 7) is 11.0. The number of aliphatic imine (C=N–C) groups is 1. The molecule has 0 spiro atoms. The summed E-state index contributed by atoms with van der Waals surface area (Å²) in [5, 5.41) is 0.558. The molecule has 0 atom stereocenters. The van der Waals surface area contributed by atoms with Crippen LogP contribution in [0.3, 0.4) is 0 Å². The molecule has 1 saturated heterocycles. The van der Waals surface area contributed by atoms with Gasteiger partial charge in [0.2, 0.25) is 0 Å². The molecule has 1 aromatic rings. The van der Waals surface area contributed by atoms with Gasteiger partial charge in [0, 0.05) is 44.3 Å². The predicted molar refractivity (Wildman–Crippen MR) is 118 cm³/mol. The lowest BCUT2D eigenvalue weighted by atomic mass is 10.1. The van der Waals surface area contributed by atoms with Crippen molar-refractivity contribution in [3.8, 4) is 0 Å². The Morgan fingerprint density at radius 1 is 1.20 bits per heavy atom. The number of thiocarbonyl (C=S) groups is 1. The Bertz CT molecular complexity index is 561. The molecule has 2 N–H and O–H groups in total. The topological polar surface area (TPSA) is 44.9 Å². The Morgan fingerprint density at radius 2 is 1.80 bits per heavy atom. The molecule has 1 aliphatic rings. The van der Waals surface area contributed by atoms with Crippen LogP contribution in [0.5, 0.6) is 0 Å². The van der Waals surface area contributed by atoms with Crippen LogP contribution in [0.4, 0.5) is 5.69 Å². The maximum absolute atomic E-state index is 5.81. The number of anilines is 1. The van der Waals surface area contributed by atoms with Crippen LogP contribution in [0.25, 0.3) is 0 Å². The maximum Gasteiger partial charge on any atom is 0.159 e. The summed E-state index contributed by atoms with van der Waals surface area (Å²) in [5.41, 5.74) is 8.28. The van der Waals surface area contributed by atoms with Crippen LogP contribution in [0.1, 0.15) is 33.8 Å². The van der Waals surface area contributed by atoms with E-state index in [1.807, 2.05) is 0 Å². The Kier molecular flexibility index (Phi) is 9.46. The first-order valence-corrected chi connectivity index (χ1v) is 9.96. The standard InChI is InChI=1S/C18H28N4S2.CH4/c1-4-24-18(19)20-17(23)13-15-5-7-16(8-6-15)22-11-9-21(10-12-22)14(2)3;/h5-8,14H,4,9-13H2,1-3H3,(H2,19,20,23);1H4. The van der Waals surface area contributed by atoms with Crippen LogP contribution in [0.15, 0.2) is 29.3 Å². The quantitative estimate of drug-likeness (QED) is 0.478. The summed E-state index contributed by atoms with van der Waals surface area (Å²) in [5.74, 6) is 0.913. The zero-order valence-electron chi connectivity index (χ0n) is 14.9. The fraction of sp³-hybridized carbons (Fsp3) is 0.579. The zero-order valence-corrected chi connectivity index (χ0v) is 16.5. The Balaban J connectivity index is 0.00000312. The van der Waals surface area contributed by atoms with Gasteiger partial charge in [0.1, 0.15) is 4.99 Å². The van der Waals surface area contributed by atoms with Gasteiger partial charge in [-0.2, -0.15) is 0 Å². The number of nitrogens with zero attached hydrogens (tertiary/aromatic N) is 3. The highest BCUT2D eigenvalue weighted by Crippen LogP contribution is 2.18. The second-order valence-corrected chi connectivity index (χ2v) is 7.99. The number of piperazine rings is 1. The second kappa shape index (κ2) is 10.8. The molecule has 25 heavy (non-hydrogen) atoms. The van der Waals surface area contributed by atoms with Crippen molar-refractivity contribution in [2.45, 2.75) is 40.7 Å². The molecule has 0 bridgehead atoms. The highest BCUT2D eigenvalue weighted by molar-refractivity contribution is 8.13. The molecule has 1 fully saturated rings. The summed E-state index contributed by atoms with van der Waals surface area (Å²) in [6.07, 6.45) is 0.668. The van der Waals surface area contributed by atoms with Gasteiger partial charge in [-0.05, 0) is 37.3 Å². The van der Waals surface area contributed by atoms with Crippen LogP contribution in [0, 0.1) is 0 Å². The van der Waals surface area contributed by atoms with Gasteiger partial charge in [0.25, 0.3) is 0 Å². The average Bonchev–Trinajstić information content (AvgIpc) is 2.55. The summed E-state index contributed by atoms with van der Waals surface area (Å²) in [6, 6.07) is 9.31. The van der Waals surface area contributed by atoms with Crippen molar-refractivity contribution in [2.75, 3.05) is 36.8 Å². The largest absolute Gasteiger partial charge is 0.378 e. The molecule has 2 rings (SSSR count). The molecule has 140 valence electrons. The van der Waals surface area contributed by atoms with Gasteiger partial charge < -0.3 is 10.6 Å². The van der Waals surface area contributed by atoms with E-state index < -0.39 is 0 Å². The van der Waals surface area contributed by atoms with E-state index in [-0.39, 0.29) is 7.43 Å². The first kappa shape index (κ1) is 21.9. The number of nitrogens with two attached hydrogens (primary N) is 1. The third-order valence-electron chi connectivity index (χ3n) is 4.23. The van der Waals surface area contributed by atoms with Crippen LogP contribution in [-0.2, 0) is 6.42 Å². The Labute approximate surface area is 162 Å². The Hall–Kier alpha value is -1.11. The van der Waals surface area contributed by atoms with Crippen LogP contribution < -0.4 is 10.6 Å².